The van der Waals surface area contributed by atoms with E-state index in [9.17, 15) is 0 Å². The van der Waals surface area contributed by atoms with Crippen LogP contribution < -0.4 is 10.1 Å². The fourth-order valence-corrected chi connectivity index (χ4v) is 1.98. The third kappa shape index (κ3) is 3.95. The minimum atomic E-state index is 0.399. The Hall–Kier alpha value is -2.10. The number of ether oxygens (including phenoxy) is 1. The lowest BCUT2D eigenvalue weighted by molar-refractivity contribution is 0.326. The van der Waals surface area contributed by atoms with E-state index in [4.69, 9.17) is 4.74 Å². The van der Waals surface area contributed by atoms with Gasteiger partial charge in [-0.25, -0.2) is 4.98 Å². The SMILES string of the molecule is CCOc1cc(C)nc(NCC(C)c2ccccc2)n1. The lowest BCUT2D eigenvalue weighted by Gasteiger charge is -2.13. The molecule has 4 nitrogen and oxygen atoms in total. The first-order valence-corrected chi connectivity index (χ1v) is 6.96. The zero-order valence-electron chi connectivity index (χ0n) is 12.3. The third-order valence-electron chi connectivity index (χ3n) is 3.06. The molecule has 1 N–H and O–H groups in total. The Morgan fingerprint density at radius 1 is 1.20 bits per heavy atom. The largest absolute Gasteiger partial charge is 0.478 e. The number of anilines is 1. The number of aryl methyl sites for hydroxylation is 1. The molecule has 1 aromatic heterocycles. The van der Waals surface area contributed by atoms with E-state index in [2.05, 4.69) is 46.5 Å². The maximum atomic E-state index is 5.43. The summed E-state index contributed by atoms with van der Waals surface area (Å²) in [6.45, 7) is 7.47. The predicted molar refractivity (Wildman–Crippen MR) is 81.3 cm³/mol. The minimum Gasteiger partial charge on any atom is -0.478 e. The van der Waals surface area contributed by atoms with Gasteiger partial charge in [0.15, 0.2) is 0 Å². The third-order valence-corrected chi connectivity index (χ3v) is 3.06. The number of nitrogens with zero attached hydrogens (tertiary/aromatic N) is 2. The van der Waals surface area contributed by atoms with E-state index in [0.717, 1.165) is 12.2 Å². The molecule has 0 fully saturated rings. The summed E-state index contributed by atoms with van der Waals surface area (Å²) in [6, 6.07) is 12.3. The summed E-state index contributed by atoms with van der Waals surface area (Å²) in [7, 11) is 0. The maximum Gasteiger partial charge on any atom is 0.226 e. The van der Waals surface area contributed by atoms with E-state index in [1.165, 1.54) is 5.56 Å². The molecule has 0 saturated heterocycles. The molecule has 1 atom stereocenters. The molecule has 1 heterocycles. The van der Waals surface area contributed by atoms with Crippen LogP contribution in [0, 0.1) is 6.92 Å². The summed E-state index contributed by atoms with van der Waals surface area (Å²) in [4.78, 5) is 8.72. The van der Waals surface area contributed by atoms with Crippen molar-refractivity contribution in [3.05, 3.63) is 47.7 Å². The summed E-state index contributed by atoms with van der Waals surface area (Å²) < 4.78 is 5.43. The number of hydrogen-bond acceptors (Lipinski definition) is 4. The summed E-state index contributed by atoms with van der Waals surface area (Å²) in [6.07, 6.45) is 0. The molecule has 0 aliphatic carbocycles. The average molecular weight is 271 g/mol. The van der Waals surface area contributed by atoms with E-state index in [1.807, 2.05) is 26.0 Å². The van der Waals surface area contributed by atoms with Gasteiger partial charge in [-0.1, -0.05) is 37.3 Å². The zero-order chi connectivity index (χ0) is 14.4. The number of benzene rings is 1. The normalized spacial score (nSPS) is 11.9. The van der Waals surface area contributed by atoms with Crippen LogP contribution in [0.5, 0.6) is 5.88 Å². The van der Waals surface area contributed by atoms with Crippen molar-refractivity contribution in [1.29, 1.82) is 0 Å². The lowest BCUT2D eigenvalue weighted by atomic mass is 10.0. The highest BCUT2D eigenvalue weighted by Gasteiger charge is 2.07. The van der Waals surface area contributed by atoms with Gasteiger partial charge in [-0.05, 0) is 25.3 Å². The van der Waals surface area contributed by atoms with E-state index < -0.39 is 0 Å². The topological polar surface area (TPSA) is 47.0 Å². The molecule has 0 aliphatic heterocycles. The average Bonchev–Trinajstić information content (AvgIpc) is 2.45. The standard InChI is InChI=1S/C16H21N3O/c1-4-20-15-10-13(3)18-16(19-15)17-11-12(2)14-8-6-5-7-9-14/h5-10,12H,4,11H2,1-3H3,(H,17,18,19). The van der Waals surface area contributed by atoms with Gasteiger partial charge in [0.2, 0.25) is 11.8 Å². The quantitative estimate of drug-likeness (QED) is 0.874. The van der Waals surface area contributed by atoms with Crippen LogP contribution in [0.3, 0.4) is 0 Å². The number of aromatic nitrogens is 2. The second kappa shape index (κ2) is 6.89. The molecule has 0 spiro atoms. The first-order valence-electron chi connectivity index (χ1n) is 6.96. The van der Waals surface area contributed by atoms with Crippen LogP contribution in [0.4, 0.5) is 5.95 Å². The van der Waals surface area contributed by atoms with Gasteiger partial charge in [-0.2, -0.15) is 4.98 Å². The van der Waals surface area contributed by atoms with Crippen molar-refractivity contribution < 1.29 is 4.74 Å². The highest BCUT2D eigenvalue weighted by atomic mass is 16.5. The van der Waals surface area contributed by atoms with Gasteiger partial charge in [-0.3, -0.25) is 0 Å². The highest BCUT2D eigenvalue weighted by molar-refractivity contribution is 5.32. The van der Waals surface area contributed by atoms with Crippen LogP contribution >= 0.6 is 0 Å². The van der Waals surface area contributed by atoms with Crippen LogP contribution in [0.15, 0.2) is 36.4 Å². The molecule has 0 saturated carbocycles. The Labute approximate surface area is 120 Å². The maximum absolute atomic E-state index is 5.43. The monoisotopic (exact) mass is 271 g/mol. The molecule has 0 bridgehead atoms. The van der Waals surface area contributed by atoms with Crippen LogP contribution in [0.25, 0.3) is 0 Å². The molecule has 0 amide bonds. The molecule has 106 valence electrons. The van der Waals surface area contributed by atoms with Crippen molar-refractivity contribution in [2.24, 2.45) is 0 Å². The van der Waals surface area contributed by atoms with Crippen molar-refractivity contribution in [3.63, 3.8) is 0 Å². The van der Waals surface area contributed by atoms with Crippen molar-refractivity contribution in [2.45, 2.75) is 26.7 Å². The van der Waals surface area contributed by atoms with Crippen molar-refractivity contribution >= 4 is 5.95 Å². The Morgan fingerprint density at radius 2 is 1.95 bits per heavy atom. The molecule has 2 rings (SSSR count). The Morgan fingerprint density at radius 3 is 2.65 bits per heavy atom. The minimum absolute atomic E-state index is 0.399. The molecule has 4 heteroatoms. The second-order valence-corrected chi connectivity index (χ2v) is 4.80. The van der Waals surface area contributed by atoms with Gasteiger partial charge in [0.05, 0.1) is 6.61 Å². The molecule has 0 aliphatic rings. The molecule has 2 aromatic rings. The molecule has 1 aromatic carbocycles. The van der Waals surface area contributed by atoms with Crippen molar-refractivity contribution in [1.82, 2.24) is 9.97 Å². The Bertz CT molecular complexity index is 543. The Kier molecular flexibility index (Phi) is 4.93. The van der Waals surface area contributed by atoms with E-state index >= 15 is 0 Å². The summed E-state index contributed by atoms with van der Waals surface area (Å²) in [5.41, 5.74) is 2.20. The van der Waals surface area contributed by atoms with Gasteiger partial charge >= 0.3 is 0 Å². The second-order valence-electron chi connectivity index (χ2n) is 4.80. The highest BCUT2D eigenvalue weighted by Crippen LogP contribution is 2.16. The molecular formula is C16H21N3O. The zero-order valence-corrected chi connectivity index (χ0v) is 12.3. The molecule has 20 heavy (non-hydrogen) atoms. The molecular weight excluding hydrogens is 250 g/mol. The first kappa shape index (κ1) is 14.3. The van der Waals surface area contributed by atoms with Gasteiger partial charge in [0.25, 0.3) is 0 Å². The van der Waals surface area contributed by atoms with Crippen LogP contribution in [-0.4, -0.2) is 23.1 Å². The lowest BCUT2D eigenvalue weighted by Crippen LogP contribution is -2.12. The van der Waals surface area contributed by atoms with Crippen molar-refractivity contribution in [2.75, 3.05) is 18.5 Å². The van der Waals surface area contributed by atoms with Gasteiger partial charge < -0.3 is 10.1 Å². The number of nitrogens with one attached hydrogen (secondary N) is 1. The van der Waals surface area contributed by atoms with Crippen molar-refractivity contribution in [3.8, 4) is 5.88 Å². The van der Waals surface area contributed by atoms with Crippen LogP contribution in [0.2, 0.25) is 0 Å². The van der Waals surface area contributed by atoms with E-state index in [0.29, 0.717) is 24.4 Å². The number of hydrogen-bond donors (Lipinski definition) is 1. The van der Waals surface area contributed by atoms with Gasteiger partial charge in [-0.15, -0.1) is 0 Å². The summed E-state index contributed by atoms with van der Waals surface area (Å²) in [5, 5.41) is 3.28. The molecule has 1 unspecified atom stereocenters. The molecule has 0 radical (unpaired) electrons. The predicted octanol–water partition coefficient (Wildman–Crippen LogP) is 3.40. The van der Waals surface area contributed by atoms with Crippen LogP contribution in [0.1, 0.15) is 31.0 Å². The van der Waals surface area contributed by atoms with Crippen LogP contribution in [-0.2, 0) is 0 Å². The fraction of sp³-hybridized carbons (Fsp3) is 0.375. The van der Waals surface area contributed by atoms with E-state index in [1.54, 1.807) is 0 Å². The fourth-order valence-electron chi connectivity index (χ4n) is 1.98. The van der Waals surface area contributed by atoms with Gasteiger partial charge in [0.1, 0.15) is 0 Å². The van der Waals surface area contributed by atoms with Gasteiger partial charge in [0, 0.05) is 18.3 Å². The summed E-state index contributed by atoms with van der Waals surface area (Å²) >= 11 is 0. The first-order chi connectivity index (χ1) is 9.69. The smallest absolute Gasteiger partial charge is 0.226 e. The Balaban J connectivity index is 2.00. The summed E-state index contributed by atoms with van der Waals surface area (Å²) in [5.74, 6) is 1.64. The number of rotatable bonds is 6. The van der Waals surface area contributed by atoms with E-state index in [-0.39, 0.29) is 0 Å².